The predicted molar refractivity (Wildman–Crippen MR) is 83.3 cm³/mol. The van der Waals surface area contributed by atoms with Crippen LogP contribution in [0.25, 0.3) is 0 Å². The Bertz CT molecular complexity index is 534. The van der Waals surface area contributed by atoms with Gasteiger partial charge in [-0.2, -0.15) is 0 Å². The molecule has 3 heteroatoms. The summed E-state index contributed by atoms with van der Waals surface area (Å²) in [6, 6.07) is 6.30. The summed E-state index contributed by atoms with van der Waals surface area (Å²) in [6.45, 7) is 2.31. The van der Waals surface area contributed by atoms with Gasteiger partial charge < -0.3 is 4.90 Å². The molecule has 1 fully saturated rings. The van der Waals surface area contributed by atoms with Crippen LogP contribution >= 0.6 is 11.6 Å². The van der Waals surface area contributed by atoms with Gasteiger partial charge in [0.05, 0.1) is 11.8 Å². The molecule has 2 aliphatic rings. The van der Waals surface area contributed by atoms with E-state index < -0.39 is 0 Å². The summed E-state index contributed by atoms with van der Waals surface area (Å²) in [5.74, 6) is 0.173. The van der Waals surface area contributed by atoms with Crippen LogP contribution in [0.4, 0.5) is 5.69 Å². The highest BCUT2D eigenvalue weighted by Gasteiger charge is 2.36. The molecular formula is C17H22ClNO. The normalized spacial score (nSPS) is 22.8. The first kappa shape index (κ1) is 13.9. The highest BCUT2D eigenvalue weighted by atomic mass is 35.5. The Morgan fingerprint density at radius 2 is 1.95 bits per heavy atom. The molecule has 1 aromatic carbocycles. The lowest BCUT2D eigenvalue weighted by Crippen LogP contribution is -2.25. The Morgan fingerprint density at radius 3 is 2.65 bits per heavy atom. The Labute approximate surface area is 126 Å². The van der Waals surface area contributed by atoms with Crippen molar-refractivity contribution in [2.24, 2.45) is 5.41 Å². The summed E-state index contributed by atoms with van der Waals surface area (Å²) in [4.78, 5) is 13.5. The predicted octanol–water partition coefficient (Wildman–Crippen LogP) is 4.46. The Kier molecular flexibility index (Phi) is 3.53. The van der Waals surface area contributed by atoms with Crippen molar-refractivity contribution in [3.8, 4) is 0 Å². The first-order valence-corrected chi connectivity index (χ1v) is 7.98. The second-order valence-corrected chi connectivity index (χ2v) is 7.03. The summed E-state index contributed by atoms with van der Waals surface area (Å²) in [5.41, 5.74) is 3.54. The van der Waals surface area contributed by atoms with Crippen LogP contribution in [0.5, 0.6) is 0 Å². The molecule has 1 heterocycles. The third-order valence-electron chi connectivity index (χ3n) is 5.08. The number of carbonyl (C=O) groups is 1. The number of alkyl halides is 1. The monoisotopic (exact) mass is 291 g/mol. The third kappa shape index (κ3) is 2.24. The first-order chi connectivity index (χ1) is 9.51. The maximum atomic E-state index is 11.8. The zero-order chi connectivity index (χ0) is 14.3. The molecule has 3 rings (SSSR count). The summed E-state index contributed by atoms with van der Waals surface area (Å²) in [7, 11) is 1.84. The van der Waals surface area contributed by atoms with Crippen molar-refractivity contribution in [2.45, 2.75) is 50.8 Å². The van der Waals surface area contributed by atoms with E-state index in [1.54, 1.807) is 4.90 Å². The molecule has 0 N–H and O–H groups in total. The second-order valence-electron chi connectivity index (χ2n) is 6.59. The maximum Gasteiger partial charge on any atom is 0.231 e. The molecule has 108 valence electrons. The summed E-state index contributed by atoms with van der Waals surface area (Å²) < 4.78 is 0. The van der Waals surface area contributed by atoms with Crippen molar-refractivity contribution in [2.75, 3.05) is 11.9 Å². The van der Waals surface area contributed by atoms with Gasteiger partial charge in [0.1, 0.15) is 0 Å². The molecule has 1 saturated carbocycles. The summed E-state index contributed by atoms with van der Waals surface area (Å²) in [5, 5.41) is 0.0501. The minimum atomic E-state index is 0.0501. The third-order valence-corrected chi connectivity index (χ3v) is 5.86. The van der Waals surface area contributed by atoms with Crippen molar-refractivity contribution in [3.63, 3.8) is 0 Å². The van der Waals surface area contributed by atoms with Crippen molar-refractivity contribution in [3.05, 3.63) is 29.3 Å². The topological polar surface area (TPSA) is 20.3 Å². The van der Waals surface area contributed by atoms with Crippen LogP contribution in [0.15, 0.2) is 18.2 Å². The van der Waals surface area contributed by atoms with Gasteiger partial charge in [-0.3, -0.25) is 4.79 Å². The molecule has 2 nitrogen and oxygen atoms in total. The fraction of sp³-hybridized carbons (Fsp3) is 0.588. The lowest BCUT2D eigenvalue weighted by molar-refractivity contribution is -0.117. The molecule has 20 heavy (non-hydrogen) atoms. The second kappa shape index (κ2) is 5.07. The van der Waals surface area contributed by atoms with E-state index in [-0.39, 0.29) is 16.7 Å². The molecule has 1 amide bonds. The minimum Gasteiger partial charge on any atom is -0.315 e. The fourth-order valence-corrected chi connectivity index (χ4v) is 4.02. The van der Waals surface area contributed by atoms with Gasteiger partial charge in [-0.1, -0.05) is 38.3 Å². The van der Waals surface area contributed by atoms with Crippen LogP contribution in [-0.4, -0.2) is 13.0 Å². The van der Waals surface area contributed by atoms with E-state index in [9.17, 15) is 4.79 Å². The quantitative estimate of drug-likeness (QED) is 0.737. The SMILES string of the molecule is CN1C(=O)Cc2cc(C(Cl)C3(C)CCCCC3)ccc21. The van der Waals surface area contributed by atoms with Gasteiger partial charge in [-0.05, 0) is 35.4 Å². The van der Waals surface area contributed by atoms with E-state index in [0.29, 0.717) is 6.42 Å². The maximum absolute atomic E-state index is 11.8. The zero-order valence-electron chi connectivity index (χ0n) is 12.3. The fourth-order valence-electron chi connectivity index (χ4n) is 3.66. The Morgan fingerprint density at radius 1 is 1.25 bits per heavy atom. The van der Waals surface area contributed by atoms with Crippen molar-refractivity contribution in [1.29, 1.82) is 0 Å². The van der Waals surface area contributed by atoms with Gasteiger partial charge in [0, 0.05) is 12.7 Å². The van der Waals surface area contributed by atoms with Crippen LogP contribution in [0.1, 0.15) is 55.5 Å². The molecule has 0 saturated heterocycles. The smallest absolute Gasteiger partial charge is 0.231 e. The van der Waals surface area contributed by atoms with Crippen LogP contribution < -0.4 is 4.90 Å². The molecule has 1 aromatic rings. The molecule has 0 spiro atoms. The Balaban J connectivity index is 1.88. The molecule has 1 unspecified atom stereocenters. The lowest BCUT2D eigenvalue weighted by atomic mass is 9.71. The number of carbonyl (C=O) groups excluding carboxylic acids is 1. The minimum absolute atomic E-state index is 0.0501. The molecule has 1 atom stereocenters. The largest absolute Gasteiger partial charge is 0.315 e. The standard InChI is InChI=1S/C17H22ClNO/c1-17(8-4-3-5-9-17)16(18)12-6-7-14-13(10-12)11-15(20)19(14)2/h6-7,10,16H,3-5,8-9,11H2,1-2H3. The van der Waals surface area contributed by atoms with Crippen LogP contribution in [-0.2, 0) is 11.2 Å². The van der Waals surface area contributed by atoms with E-state index in [1.807, 2.05) is 7.05 Å². The summed E-state index contributed by atoms with van der Waals surface area (Å²) >= 11 is 6.80. The van der Waals surface area contributed by atoms with Crippen molar-refractivity contribution >= 4 is 23.2 Å². The molecule has 0 aromatic heterocycles. The number of benzene rings is 1. The van der Waals surface area contributed by atoms with Crippen LogP contribution in [0.2, 0.25) is 0 Å². The highest BCUT2D eigenvalue weighted by molar-refractivity contribution is 6.21. The van der Waals surface area contributed by atoms with Crippen LogP contribution in [0.3, 0.4) is 0 Å². The van der Waals surface area contributed by atoms with E-state index in [2.05, 4.69) is 25.1 Å². The number of halogens is 1. The average molecular weight is 292 g/mol. The number of rotatable bonds is 2. The van der Waals surface area contributed by atoms with E-state index in [1.165, 1.54) is 37.7 Å². The van der Waals surface area contributed by atoms with E-state index in [4.69, 9.17) is 11.6 Å². The number of nitrogens with zero attached hydrogens (tertiary/aromatic N) is 1. The van der Waals surface area contributed by atoms with E-state index in [0.717, 1.165) is 11.3 Å². The molecule has 0 bridgehead atoms. The number of anilines is 1. The molecular weight excluding hydrogens is 270 g/mol. The van der Waals surface area contributed by atoms with Crippen molar-refractivity contribution in [1.82, 2.24) is 0 Å². The number of amides is 1. The molecule has 1 aliphatic heterocycles. The number of fused-ring (bicyclic) bond motifs is 1. The van der Waals surface area contributed by atoms with Crippen molar-refractivity contribution < 1.29 is 4.79 Å². The van der Waals surface area contributed by atoms with Gasteiger partial charge in [-0.15, -0.1) is 11.6 Å². The number of hydrogen-bond donors (Lipinski definition) is 0. The number of likely N-dealkylation sites (N-methyl/N-ethyl adjacent to an activating group) is 1. The van der Waals surface area contributed by atoms with Gasteiger partial charge >= 0.3 is 0 Å². The first-order valence-electron chi connectivity index (χ1n) is 7.55. The highest BCUT2D eigenvalue weighted by Crippen LogP contribution is 2.49. The molecule has 0 radical (unpaired) electrons. The summed E-state index contributed by atoms with van der Waals surface area (Å²) in [6.07, 6.45) is 6.83. The van der Waals surface area contributed by atoms with Gasteiger partial charge in [0.2, 0.25) is 5.91 Å². The van der Waals surface area contributed by atoms with Gasteiger partial charge in [0.15, 0.2) is 0 Å². The van der Waals surface area contributed by atoms with Crippen LogP contribution in [0, 0.1) is 5.41 Å². The molecule has 1 aliphatic carbocycles. The van der Waals surface area contributed by atoms with Gasteiger partial charge in [0.25, 0.3) is 0 Å². The van der Waals surface area contributed by atoms with Gasteiger partial charge in [-0.25, -0.2) is 0 Å². The average Bonchev–Trinajstić information content (AvgIpc) is 2.73. The Hall–Kier alpha value is -1.02. The van der Waals surface area contributed by atoms with E-state index >= 15 is 0 Å². The lowest BCUT2D eigenvalue weighted by Gasteiger charge is -2.38. The number of hydrogen-bond acceptors (Lipinski definition) is 1. The zero-order valence-corrected chi connectivity index (χ0v) is 13.0.